The molecule has 1 aromatic carbocycles. The Bertz CT molecular complexity index is 1160. The van der Waals surface area contributed by atoms with E-state index in [1.807, 2.05) is 31.2 Å². The fraction of sp³-hybridized carbons (Fsp3) is 0.421. The second kappa shape index (κ2) is 10.3. The van der Waals surface area contributed by atoms with Crippen molar-refractivity contribution >= 4 is 36.2 Å². The molecule has 2 heterocycles. The zero-order valence-corrected chi connectivity index (χ0v) is 19.5. The minimum atomic E-state index is -4.75. The molecule has 0 radical (unpaired) electrons. The first kappa shape index (κ1) is 25.3. The maximum atomic E-state index is 12.4. The Labute approximate surface area is 192 Å². The number of anilines is 1. The van der Waals surface area contributed by atoms with Crippen LogP contribution in [-0.4, -0.2) is 55.8 Å². The Morgan fingerprint density at radius 1 is 1.33 bits per heavy atom. The smallest absolute Gasteiger partial charge is 0.398 e. The van der Waals surface area contributed by atoms with Gasteiger partial charge in [0.1, 0.15) is 28.8 Å². The third-order valence-corrected chi connectivity index (χ3v) is 6.59. The van der Waals surface area contributed by atoms with E-state index in [9.17, 15) is 22.6 Å². The number of imidazole rings is 1. The number of ether oxygens (including phenoxy) is 2. The Kier molecular flexibility index (Phi) is 7.88. The zero-order chi connectivity index (χ0) is 24.2. The van der Waals surface area contributed by atoms with E-state index in [0.29, 0.717) is 28.5 Å². The van der Waals surface area contributed by atoms with E-state index in [1.165, 1.54) is 18.1 Å². The molecular formula is C19H23F3N5O4PS. The molecule has 3 aromatic rings. The van der Waals surface area contributed by atoms with Crippen molar-refractivity contribution in [3.8, 4) is 5.75 Å². The first-order chi connectivity index (χ1) is 15.5. The third kappa shape index (κ3) is 7.32. The van der Waals surface area contributed by atoms with Crippen LogP contribution < -0.4 is 10.5 Å². The topological polar surface area (TPSA) is 125 Å². The van der Waals surface area contributed by atoms with E-state index in [1.54, 1.807) is 11.5 Å². The standard InChI is InChI=1S/C19H23F3N5O4PS/c1-3-30-13-5-4-6-14(7-13)33-17-15-16(25-18(23)26-17)27(10-24-15)8-12(2)31-11-32(28,29)9-19(20,21)22/h4-7,10,12H,3,8-9,11H2,1-2H3,(H,28,29)(H2,23,25,26). The SMILES string of the molecule is CCOc1cccc(Sc2nc(N)nc3c2ncn3CC(C)OCP(=O)(O)CC(F)(F)F)c1. The molecule has 3 N–H and O–H groups in total. The molecule has 0 amide bonds. The maximum Gasteiger partial charge on any atom is 0.398 e. The minimum absolute atomic E-state index is 0.0197. The largest absolute Gasteiger partial charge is 0.494 e. The fourth-order valence-corrected chi connectivity index (χ4v) is 5.01. The second-order valence-electron chi connectivity index (χ2n) is 7.19. The third-order valence-electron chi connectivity index (χ3n) is 4.22. The van der Waals surface area contributed by atoms with Crippen LogP contribution in [0.3, 0.4) is 0 Å². The molecular weight excluding hydrogens is 482 g/mol. The van der Waals surface area contributed by atoms with E-state index in [4.69, 9.17) is 15.2 Å². The molecule has 0 spiro atoms. The summed E-state index contributed by atoms with van der Waals surface area (Å²) in [6, 6.07) is 7.44. The highest BCUT2D eigenvalue weighted by atomic mass is 32.2. The van der Waals surface area contributed by atoms with Gasteiger partial charge in [-0.2, -0.15) is 18.2 Å². The Morgan fingerprint density at radius 2 is 2.09 bits per heavy atom. The first-order valence-corrected chi connectivity index (χ1v) is 12.7. The van der Waals surface area contributed by atoms with Gasteiger partial charge in [-0.1, -0.05) is 17.8 Å². The number of fused-ring (bicyclic) bond motifs is 1. The summed E-state index contributed by atoms with van der Waals surface area (Å²) < 4.78 is 61.3. The van der Waals surface area contributed by atoms with Crippen LogP contribution in [0.4, 0.5) is 19.1 Å². The van der Waals surface area contributed by atoms with E-state index < -0.39 is 32.2 Å². The summed E-state index contributed by atoms with van der Waals surface area (Å²) >= 11 is 1.33. The monoisotopic (exact) mass is 505 g/mol. The lowest BCUT2D eigenvalue weighted by atomic mass is 10.3. The Balaban J connectivity index is 1.75. The number of halogens is 3. The molecule has 0 aliphatic rings. The molecule has 180 valence electrons. The van der Waals surface area contributed by atoms with Crippen molar-refractivity contribution in [3.63, 3.8) is 0 Å². The van der Waals surface area contributed by atoms with Gasteiger partial charge < -0.3 is 24.7 Å². The summed E-state index contributed by atoms with van der Waals surface area (Å²) in [5.74, 6) is 0.732. The van der Waals surface area contributed by atoms with Crippen LogP contribution in [0.15, 0.2) is 40.5 Å². The Hall–Kier alpha value is -2.34. The van der Waals surface area contributed by atoms with E-state index in [0.717, 1.165) is 4.90 Å². The molecule has 0 saturated carbocycles. The molecule has 0 bridgehead atoms. The number of nitrogen functional groups attached to an aromatic ring is 1. The average Bonchev–Trinajstić information content (AvgIpc) is 3.08. The van der Waals surface area contributed by atoms with Gasteiger partial charge in [-0.15, -0.1) is 0 Å². The molecule has 0 saturated heterocycles. The van der Waals surface area contributed by atoms with Crippen molar-refractivity contribution in [1.29, 1.82) is 0 Å². The van der Waals surface area contributed by atoms with Crippen molar-refractivity contribution in [2.24, 2.45) is 0 Å². The summed E-state index contributed by atoms with van der Waals surface area (Å²) in [5.41, 5.74) is 6.77. The fourth-order valence-electron chi connectivity index (χ4n) is 2.94. The number of benzene rings is 1. The van der Waals surface area contributed by atoms with E-state index in [2.05, 4.69) is 15.0 Å². The van der Waals surface area contributed by atoms with Crippen LogP contribution >= 0.6 is 19.1 Å². The summed E-state index contributed by atoms with van der Waals surface area (Å²) in [4.78, 5) is 23.2. The Morgan fingerprint density at radius 3 is 2.79 bits per heavy atom. The summed E-state index contributed by atoms with van der Waals surface area (Å²) in [6.07, 6.45) is -6.66. The maximum absolute atomic E-state index is 12.4. The molecule has 0 aliphatic heterocycles. The minimum Gasteiger partial charge on any atom is -0.494 e. The predicted molar refractivity (Wildman–Crippen MR) is 118 cm³/mol. The summed E-state index contributed by atoms with van der Waals surface area (Å²) in [5, 5.41) is 0.517. The highest BCUT2D eigenvalue weighted by Crippen LogP contribution is 2.45. The van der Waals surface area contributed by atoms with Crippen molar-refractivity contribution < 1.29 is 32.1 Å². The molecule has 33 heavy (non-hydrogen) atoms. The van der Waals surface area contributed by atoms with Crippen molar-refractivity contribution in [2.75, 3.05) is 24.9 Å². The molecule has 14 heteroatoms. The number of alkyl halides is 3. The molecule has 3 rings (SSSR count). The van der Waals surface area contributed by atoms with Gasteiger partial charge in [0.15, 0.2) is 5.65 Å². The van der Waals surface area contributed by atoms with Gasteiger partial charge in [0, 0.05) is 4.90 Å². The quantitative estimate of drug-likeness (QED) is 0.309. The van der Waals surface area contributed by atoms with Gasteiger partial charge in [0.05, 0.1) is 25.6 Å². The number of nitrogens with zero attached hydrogens (tertiary/aromatic N) is 4. The van der Waals surface area contributed by atoms with E-state index in [-0.39, 0.29) is 12.5 Å². The van der Waals surface area contributed by atoms with Crippen LogP contribution in [0, 0.1) is 0 Å². The molecule has 0 fully saturated rings. The van der Waals surface area contributed by atoms with Gasteiger partial charge in [-0.25, -0.2) is 9.97 Å². The highest BCUT2D eigenvalue weighted by molar-refractivity contribution is 7.99. The van der Waals surface area contributed by atoms with Crippen molar-refractivity contribution in [3.05, 3.63) is 30.6 Å². The average molecular weight is 505 g/mol. The van der Waals surface area contributed by atoms with Crippen LogP contribution in [-0.2, 0) is 15.8 Å². The lowest BCUT2D eigenvalue weighted by molar-refractivity contribution is -0.108. The zero-order valence-electron chi connectivity index (χ0n) is 17.8. The van der Waals surface area contributed by atoms with E-state index >= 15 is 0 Å². The first-order valence-electron chi connectivity index (χ1n) is 9.84. The lowest BCUT2D eigenvalue weighted by Gasteiger charge is -2.18. The molecule has 2 aromatic heterocycles. The van der Waals surface area contributed by atoms with Gasteiger partial charge in [-0.05, 0) is 32.0 Å². The number of aromatic nitrogens is 4. The number of nitrogens with two attached hydrogens (primary N) is 1. The van der Waals surface area contributed by atoms with Crippen LogP contribution in [0.1, 0.15) is 13.8 Å². The van der Waals surface area contributed by atoms with Gasteiger partial charge in [0.2, 0.25) is 13.3 Å². The van der Waals surface area contributed by atoms with Crippen molar-refractivity contribution in [2.45, 2.75) is 42.6 Å². The number of rotatable bonds is 10. The lowest BCUT2D eigenvalue weighted by Crippen LogP contribution is -2.20. The normalized spacial score (nSPS) is 14.8. The van der Waals surface area contributed by atoms with Crippen LogP contribution in [0.2, 0.25) is 0 Å². The highest BCUT2D eigenvalue weighted by Gasteiger charge is 2.38. The van der Waals surface area contributed by atoms with Crippen LogP contribution in [0.25, 0.3) is 11.2 Å². The number of hydrogen-bond donors (Lipinski definition) is 2. The van der Waals surface area contributed by atoms with Gasteiger partial charge in [-0.3, -0.25) is 4.57 Å². The predicted octanol–water partition coefficient (Wildman–Crippen LogP) is 4.15. The van der Waals surface area contributed by atoms with Crippen LogP contribution in [0.5, 0.6) is 5.75 Å². The van der Waals surface area contributed by atoms with Gasteiger partial charge in [0.25, 0.3) is 0 Å². The number of hydrogen-bond acceptors (Lipinski definition) is 8. The van der Waals surface area contributed by atoms with Crippen molar-refractivity contribution in [1.82, 2.24) is 19.5 Å². The molecule has 2 unspecified atom stereocenters. The summed E-state index contributed by atoms with van der Waals surface area (Å²) in [6.45, 7) is 4.12. The molecule has 2 atom stereocenters. The second-order valence-corrected chi connectivity index (χ2v) is 10.5. The summed E-state index contributed by atoms with van der Waals surface area (Å²) in [7, 11) is -4.50. The van der Waals surface area contributed by atoms with Gasteiger partial charge >= 0.3 is 6.18 Å². The molecule has 0 aliphatic carbocycles. The molecule has 9 nitrogen and oxygen atoms in total.